The van der Waals surface area contributed by atoms with Crippen LogP contribution in [-0.2, 0) is 14.8 Å². The van der Waals surface area contributed by atoms with Crippen LogP contribution in [0, 0.1) is 13.8 Å². The van der Waals surface area contributed by atoms with Crippen LogP contribution in [0.25, 0.3) is 0 Å². The van der Waals surface area contributed by atoms with E-state index in [0.717, 1.165) is 22.4 Å². The quantitative estimate of drug-likeness (QED) is 0.692. The third kappa shape index (κ3) is 5.79. The Kier molecular flexibility index (Phi) is 6.65. The van der Waals surface area contributed by atoms with Crippen molar-refractivity contribution in [2.75, 3.05) is 17.1 Å². The molecule has 1 amide bonds. The van der Waals surface area contributed by atoms with Gasteiger partial charge in [0.1, 0.15) is 11.4 Å². The topological polar surface area (TPSA) is 75.7 Å². The lowest BCUT2D eigenvalue weighted by molar-refractivity contribution is -0.122. The summed E-state index contributed by atoms with van der Waals surface area (Å²) < 4.78 is 32.1. The van der Waals surface area contributed by atoms with Gasteiger partial charge in [0, 0.05) is 24.9 Å². The standard InChI is InChI=1S/C24H32N2O4S/c1-17-12-13-19-20(16-24(3,4)30-22(19)15-17)25-23(27)11-8-14-26(31(5,28)29)21-10-7-6-9-18(21)2/h6-7,9-10,12-13,15,20H,8,11,14,16H2,1-5H3,(H,25,27)/t20-/m0/s1. The lowest BCUT2D eigenvalue weighted by Crippen LogP contribution is -2.41. The van der Waals surface area contributed by atoms with Crippen molar-refractivity contribution in [3.05, 3.63) is 59.2 Å². The van der Waals surface area contributed by atoms with Crippen molar-refractivity contribution in [2.45, 2.75) is 58.6 Å². The van der Waals surface area contributed by atoms with E-state index in [4.69, 9.17) is 4.74 Å². The van der Waals surface area contributed by atoms with Crippen molar-refractivity contribution >= 4 is 21.6 Å². The van der Waals surface area contributed by atoms with Crippen LogP contribution in [0.4, 0.5) is 5.69 Å². The molecule has 6 nitrogen and oxygen atoms in total. The molecular weight excluding hydrogens is 412 g/mol. The number of benzene rings is 2. The van der Waals surface area contributed by atoms with Crippen molar-refractivity contribution in [1.82, 2.24) is 5.32 Å². The summed E-state index contributed by atoms with van der Waals surface area (Å²) in [5, 5.41) is 3.13. The molecule has 0 unspecified atom stereocenters. The average molecular weight is 445 g/mol. The van der Waals surface area contributed by atoms with Crippen LogP contribution in [0.1, 0.15) is 55.8 Å². The average Bonchev–Trinajstić information content (AvgIpc) is 2.64. The number of nitrogens with zero attached hydrogens (tertiary/aromatic N) is 1. The van der Waals surface area contributed by atoms with Crippen molar-refractivity contribution in [3.8, 4) is 5.75 Å². The van der Waals surface area contributed by atoms with E-state index in [0.29, 0.717) is 18.5 Å². The molecule has 1 N–H and O–H groups in total. The Morgan fingerprint density at radius 3 is 2.58 bits per heavy atom. The van der Waals surface area contributed by atoms with E-state index in [2.05, 4.69) is 5.32 Å². The monoisotopic (exact) mass is 444 g/mol. The van der Waals surface area contributed by atoms with Gasteiger partial charge in [-0.3, -0.25) is 9.10 Å². The number of aryl methyl sites for hydroxylation is 2. The lowest BCUT2D eigenvalue weighted by atomic mass is 9.89. The number of fused-ring (bicyclic) bond motifs is 1. The van der Waals surface area contributed by atoms with Gasteiger partial charge in [0.15, 0.2) is 0 Å². The fraction of sp³-hybridized carbons (Fsp3) is 0.458. The van der Waals surface area contributed by atoms with Gasteiger partial charge < -0.3 is 10.1 Å². The van der Waals surface area contributed by atoms with Crippen molar-refractivity contribution in [3.63, 3.8) is 0 Å². The second kappa shape index (κ2) is 8.91. The van der Waals surface area contributed by atoms with Crippen molar-refractivity contribution in [1.29, 1.82) is 0 Å². The molecule has 3 rings (SSSR count). The molecule has 168 valence electrons. The Morgan fingerprint density at radius 1 is 1.19 bits per heavy atom. The smallest absolute Gasteiger partial charge is 0.232 e. The third-order valence-electron chi connectivity index (χ3n) is 5.51. The van der Waals surface area contributed by atoms with Gasteiger partial charge in [0.25, 0.3) is 0 Å². The van der Waals surface area contributed by atoms with Crippen molar-refractivity contribution < 1.29 is 17.9 Å². The minimum absolute atomic E-state index is 0.0903. The lowest BCUT2D eigenvalue weighted by Gasteiger charge is -2.38. The molecule has 0 fully saturated rings. The van der Waals surface area contributed by atoms with Gasteiger partial charge in [-0.05, 0) is 57.4 Å². The number of carbonyl (C=O) groups is 1. The van der Waals surface area contributed by atoms with E-state index in [1.807, 2.05) is 64.1 Å². The largest absolute Gasteiger partial charge is 0.487 e. The maximum atomic E-state index is 12.7. The molecule has 31 heavy (non-hydrogen) atoms. The Balaban J connectivity index is 1.66. The first-order chi connectivity index (χ1) is 14.5. The molecule has 0 spiro atoms. The maximum Gasteiger partial charge on any atom is 0.232 e. The summed E-state index contributed by atoms with van der Waals surface area (Å²) in [6.07, 6.45) is 2.55. The fourth-order valence-corrected chi connectivity index (χ4v) is 5.07. The number of amides is 1. The molecule has 0 aliphatic carbocycles. The normalized spacial score (nSPS) is 17.4. The van der Waals surface area contributed by atoms with Crippen LogP contribution >= 0.6 is 0 Å². The number of sulfonamides is 1. The highest BCUT2D eigenvalue weighted by molar-refractivity contribution is 7.92. The van der Waals surface area contributed by atoms with E-state index in [1.165, 1.54) is 10.6 Å². The molecule has 1 aliphatic heterocycles. The molecule has 1 atom stereocenters. The van der Waals surface area contributed by atoms with Gasteiger partial charge in [-0.25, -0.2) is 8.42 Å². The molecule has 0 saturated heterocycles. The highest BCUT2D eigenvalue weighted by Gasteiger charge is 2.34. The molecule has 0 saturated carbocycles. The number of anilines is 1. The molecule has 7 heteroatoms. The third-order valence-corrected chi connectivity index (χ3v) is 6.69. The first kappa shape index (κ1) is 23.1. The van der Waals surface area contributed by atoms with Gasteiger partial charge in [-0.1, -0.05) is 30.3 Å². The van der Waals surface area contributed by atoms with E-state index >= 15 is 0 Å². The van der Waals surface area contributed by atoms with Gasteiger partial charge in [0.05, 0.1) is 18.0 Å². The molecule has 0 bridgehead atoms. The summed E-state index contributed by atoms with van der Waals surface area (Å²) in [6, 6.07) is 13.3. The summed E-state index contributed by atoms with van der Waals surface area (Å²) in [6.45, 7) is 8.19. The van der Waals surface area contributed by atoms with E-state index in [1.54, 1.807) is 6.07 Å². The van der Waals surface area contributed by atoms with Crippen LogP contribution in [0.15, 0.2) is 42.5 Å². The maximum absolute atomic E-state index is 12.7. The summed E-state index contributed by atoms with van der Waals surface area (Å²) in [5.74, 6) is 0.719. The second-order valence-electron chi connectivity index (χ2n) is 8.95. The number of hydrogen-bond acceptors (Lipinski definition) is 4. The second-order valence-corrected chi connectivity index (χ2v) is 10.9. The summed E-state index contributed by atoms with van der Waals surface area (Å²) in [7, 11) is -3.44. The zero-order chi connectivity index (χ0) is 22.8. The van der Waals surface area contributed by atoms with E-state index in [-0.39, 0.29) is 30.5 Å². The van der Waals surface area contributed by atoms with E-state index < -0.39 is 10.0 Å². The van der Waals surface area contributed by atoms with Gasteiger partial charge >= 0.3 is 0 Å². The van der Waals surface area contributed by atoms with Gasteiger partial charge in [-0.2, -0.15) is 0 Å². The van der Waals surface area contributed by atoms with Gasteiger partial charge in [-0.15, -0.1) is 0 Å². The van der Waals surface area contributed by atoms with Crippen molar-refractivity contribution in [2.24, 2.45) is 0 Å². The van der Waals surface area contributed by atoms with Crippen LogP contribution in [-0.4, -0.2) is 32.7 Å². The SMILES string of the molecule is Cc1ccc2c(c1)OC(C)(C)C[C@@H]2NC(=O)CCCN(c1ccccc1C)S(C)(=O)=O. The van der Waals surface area contributed by atoms with E-state index in [9.17, 15) is 13.2 Å². The summed E-state index contributed by atoms with van der Waals surface area (Å²) in [4.78, 5) is 12.7. The Morgan fingerprint density at radius 2 is 1.90 bits per heavy atom. The Bertz CT molecular complexity index is 1060. The minimum atomic E-state index is -3.44. The molecule has 2 aromatic carbocycles. The Hall–Kier alpha value is -2.54. The minimum Gasteiger partial charge on any atom is -0.487 e. The molecule has 0 radical (unpaired) electrons. The zero-order valence-electron chi connectivity index (χ0n) is 18.9. The molecular formula is C24H32N2O4S. The summed E-state index contributed by atoms with van der Waals surface area (Å²) >= 11 is 0. The van der Waals surface area contributed by atoms with Crippen LogP contribution in [0.5, 0.6) is 5.75 Å². The Labute approximate surface area is 185 Å². The number of para-hydroxylation sites is 1. The number of ether oxygens (including phenoxy) is 1. The molecule has 1 heterocycles. The van der Waals surface area contributed by atoms with Crippen LogP contribution in [0.3, 0.4) is 0 Å². The molecule has 0 aromatic heterocycles. The van der Waals surface area contributed by atoms with Crippen LogP contribution < -0.4 is 14.4 Å². The number of rotatable bonds is 7. The number of carbonyl (C=O) groups excluding carboxylic acids is 1. The fourth-order valence-electron chi connectivity index (χ4n) is 4.05. The molecule has 1 aliphatic rings. The predicted octanol–water partition coefficient (Wildman–Crippen LogP) is 4.27. The highest BCUT2D eigenvalue weighted by Crippen LogP contribution is 2.40. The van der Waals surface area contributed by atoms with Crippen LogP contribution in [0.2, 0.25) is 0 Å². The summed E-state index contributed by atoms with van der Waals surface area (Å²) in [5.41, 5.74) is 3.25. The number of hydrogen-bond donors (Lipinski definition) is 1. The van der Waals surface area contributed by atoms with Gasteiger partial charge in [0.2, 0.25) is 15.9 Å². The molecule has 2 aromatic rings. The first-order valence-electron chi connectivity index (χ1n) is 10.6. The predicted molar refractivity (Wildman–Crippen MR) is 124 cm³/mol. The first-order valence-corrected chi connectivity index (χ1v) is 12.4. The highest BCUT2D eigenvalue weighted by atomic mass is 32.2. The zero-order valence-corrected chi connectivity index (χ0v) is 19.8. The number of nitrogens with one attached hydrogen (secondary N) is 1.